The predicted octanol–water partition coefficient (Wildman–Crippen LogP) is 1.76. The number of imidazole rings is 1. The molecule has 2 heterocycles. The number of hydrogen-bond acceptors (Lipinski definition) is 3. The minimum Gasteiger partial charge on any atom is -0.352 e. The van der Waals surface area contributed by atoms with Gasteiger partial charge in [0.1, 0.15) is 5.82 Å². The second kappa shape index (κ2) is 4.69. The third-order valence-electron chi connectivity index (χ3n) is 4.56. The number of aromatic nitrogens is 2. The summed E-state index contributed by atoms with van der Waals surface area (Å²) >= 11 is 0. The van der Waals surface area contributed by atoms with Gasteiger partial charge in [0.15, 0.2) is 11.7 Å². The molecule has 1 atom stereocenters. The topological polar surface area (TPSA) is 64.0 Å². The van der Waals surface area contributed by atoms with E-state index in [0.29, 0.717) is 18.8 Å². The summed E-state index contributed by atoms with van der Waals surface area (Å²) < 4.78 is 2.02. The highest BCUT2D eigenvalue weighted by Gasteiger charge is 2.37. The summed E-state index contributed by atoms with van der Waals surface area (Å²) in [6, 6.07) is 8.03. The van der Waals surface area contributed by atoms with Gasteiger partial charge in [-0.3, -0.25) is 9.59 Å². The van der Waals surface area contributed by atoms with Crippen LogP contribution in [0.25, 0.3) is 11.0 Å². The number of carbonyl (C=O) groups excluding carboxylic acids is 2. The molecule has 0 saturated heterocycles. The Bertz CT molecular complexity index is 730. The van der Waals surface area contributed by atoms with Crippen LogP contribution in [0, 0.1) is 0 Å². The highest BCUT2D eigenvalue weighted by Crippen LogP contribution is 2.29. The second-order valence-electron chi connectivity index (χ2n) is 5.90. The molecule has 0 radical (unpaired) electrons. The number of para-hydroxylation sites is 2. The van der Waals surface area contributed by atoms with Gasteiger partial charge < -0.3 is 9.88 Å². The van der Waals surface area contributed by atoms with Crippen LogP contribution in [-0.2, 0) is 16.1 Å². The molecule has 1 fully saturated rings. The molecule has 2 aliphatic rings. The van der Waals surface area contributed by atoms with Gasteiger partial charge in [-0.2, -0.15) is 0 Å². The zero-order valence-electron chi connectivity index (χ0n) is 11.7. The molecule has 1 aromatic heterocycles. The number of Topliss-reactive ketones (excluding diaryl/α,β-unsaturated/α-hetero) is 1. The molecule has 1 saturated carbocycles. The maximum atomic E-state index is 12.5. The van der Waals surface area contributed by atoms with Crippen molar-refractivity contribution in [3.63, 3.8) is 0 Å². The molecule has 1 amide bonds. The van der Waals surface area contributed by atoms with Crippen LogP contribution in [-0.4, -0.2) is 27.3 Å². The van der Waals surface area contributed by atoms with Crippen molar-refractivity contribution in [3.8, 4) is 0 Å². The molecule has 1 unspecified atom stereocenters. The van der Waals surface area contributed by atoms with E-state index in [2.05, 4.69) is 10.3 Å². The summed E-state index contributed by atoms with van der Waals surface area (Å²) in [4.78, 5) is 29.3. The standard InChI is InChI=1S/C16H17N3O2/c20-13-8-9-19-12-7-2-1-6-11(12)18-15(19)14(13)16(21)17-10-4-3-5-10/h1-2,6-7,10,14H,3-5,8-9H2,(H,17,21). The predicted molar refractivity (Wildman–Crippen MR) is 77.9 cm³/mol. The van der Waals surface area contributed by atoms with Crippen molar-refractivity contribution >= 4 is 22.7 Å². The zero-order chi connectivity index (χ0) is 14.4. The third kappa shape index (κ3) is 1.95. The van der Waals surface area contributed by atoms with Crippen LogP contribution in [0.1, 0.15) is 37.4 Å². The van der Waals surface area contributed by atoms with Crippen LogP contribution in [0.2, 0.25) is 0 Å². The number of benzene rings is 1. The fraction of sp³-hybridized carbons (Fsp3) is 0.438. The van der Waals surface area contributed by atoms with Crippen LogP contribution in [0.5, 0.6) is 0 Å². The molecule has 4 rings (SSSR count). The Morgan fingerprint density at radius 1 is 1.29 bits per heavy atom. The van der Waals surface area contributed by atoms with Crippen molar-refractivity contribution in [1.82, 2.24) is 14.9 Å². The summed E-state index contributed by atoms with van der Waals surface area (Å²) in [7, 11) is 0. The number of ketones is 1. The first-order chi connectivity index (χ1) is 10.2. The third-order valence-corrected chi connectivity index (χ3v) is 4.56. The monoisotopic (exact) mass is 283 g/mol. The van der Waals surface area contributed by atoms with E-state index in [1.807, 2.05) is 28.8 Å². The quantitative estimate of drug-likeness (QED) is 0.854. The molecule has 21 heavy (non-hydrogen) atoms. The fourth-order valence-electron chi connectivity index (χ4n) is 3.16. The SMILES string of the molecule is O=C1CCn2c(nc3ccccc32)C1C(=O)NC1CCC1. The van der Waals surface area contributed by atoms with Crippen molar-refractivity contribution in [2.45, 2.75) is 44.2 Å². The van der Waals surface area contributed by atoms with E-state index in [1.165, 1.54) is 0 Å². The van der Waals surface area contributed by atoms with Crippen molar-refractivity contribution in [1.29, 1.82) is 0 Å². The van der Waals surface area contributed by atoms with Crippen molar-refractivity contribution in [2.24, 2.45) is 0 Å². The van der Waals surface area contributed by atoms with E-state index in [0.717, 1.165) is 30.3 Å². The first-order valence-electron chi connectivity index (χ1n) is 7.52. The van der Waals surface area contributed by atoms with Gasteiger partial charge in [-0.15, -0.1) is 0 Å². The average molecular weight is 283 g/mol. The zero-order valence-corrected chi connectivity index (χ0v) is 11.7. The fourth-order valence-corrected chi connectivity index (χ4v) is 3.16. The van der Waals surface area contributed by atoms with Gasteiger partial charge in [0.05, 0.1) is 11.0 Å². The van der Waals surface area contributed by atoms with Gasteiger partial charge in [-0.25, -0.2) is 4.98 Å². The van der Waals surface area contributed by atoms with Crippen LogP contribution in [0.3, 0.4) is 0 Å². The second-order valence-corrected chi connectivity index (χ2v) is 5.90. The van der Waals surface area contributed by atoms with E-state index in [9.17, 15) is 9.59 Å². The summed E-state index contributed by atoms with van der Waals surface area (Å²) in [5, 5.41) is 2.99. The summed E-state index contributed by atoms with van der Waals surface area (Å²) in [5.41, 5.74) is 1.85. The van der Waals surface area contributed by atoms with E-state index in [4.69, 9.17) is 0 Å². The molecule has 1 aliphatic carbocycles. The largest absolute Gasteiger partial charge is 0.352 e. The Morgan fingerprint density at radius 2 is 2.10 bits per heavy atom. The van der Waals surface area contributed by atoms with Crippen molar-refractivity contribution < 1.29 is 9.59 Å². The van der Waals surface area contributed by atoms with E-state index in [1.54, 1.807) is 0 Å². The van der Waals surface area contributed by atoms with Gasteiger partial charge in [0.25, 0.3) is 0 Å². The number of fused-ring (bicyclic) bond motifs is 3. The lowest BCUT2D eigenvalue weighted by Gasteiger charge is -2.29. The van der Waals surface area contributed by atoms with Crippen LogP contribution < -0.4 is 5.32 Å². The van der Waals surface area contributed by atoms with Gasteiger partial charge in [-0.05, 0) is 31.4 Å². The van der Waals surface area contributed by atoms with Gasteiger partial charge in [-0.1, -0.05) is 12.1 Å². The maximum absolute atomic E-state index is 12.5. The molecule has 0 bridgehead atoms. The van der Waals surface area contributed by atoms with Crippen LogP contribution in [0.4, 0.5) is 0 Å². The van der Waals surface area contributed by atoms with Crippen LogP contribution >= 0.6 is 0 Å². The number of hydrogen-bond donors (Lipinski definition) is 1. The summed E-state index contributed by atoms with van der Waals surface area (Å²) in [6.45, 7) is 0.613. The lowest BCUT2D eigenvalue weighted by Crippen LogP contribution is -2.45. The number of nitrogens with one attached hydrogen (secondary N) is 1. The van der Waals surface area contributed by atoms with E-state index >= 15 is 0 Å². The lowest BCUT2D eigenvalue weighted by molar-refractivity contribution is -0.132. The number of amides is 1. The minimum atomic E-state index is -0.744. The summed E-state index contributed by atoms with van der Waals surface area (Å²) in [6.07, 6.45) is 3.59. The Balaban J connectivity index is 1.74. The molecule has 108 valence electrons. The normalized spacial score (nSPS) is 21.9. The highest BCUT2D eigenvalue weighted by molar-refractivity contribution is 6.07. The van der Waals surface area contributed by atoms with E-state index < -0.39 is 5.92 Å². The number of rotatable bonds is 2. The Hall–Kier alpha value is -2.17. The molecule has 1 N–H and O–H groups in total. The number of carbonyl (C=O) groups is 2. The van der Waals surface area contributed by atoms with Gasteiger partial charge in [0, 0.05) is 19.0 Å². The number of nitrogens with zero attached hydrogens (tertiary/aromatic N) is 2. The molecule has 5 heteroatoms. The maximum Gasteiger partial charge on any atom is 0.238 e. The van der Waals surface area contributed by atoms with Gasteiger partial charge >= 0.3 is 0 Å². The van der Waals surface area contributed by atoms with E-state index in [-0.39, 0.29) is 17.7 Å². The Morgan fingerprint density at radius 3 is 2.86 bits per heavy atom. The Kier molecular flexibility index (Phi) is 2.80. The molecule has 1 aliphatic heterocycles. The Labute approximate surface area is 122 Å². The van der Waals surface area contributed by atoms with Gasteiger partial charge in [0.2, 0.25) is 5.91 Å². The van der Waals surface area contributed by atoms with Crippen molar-refractivity contribution in [3.05, 3.63) is 30.1 Å². The number of aryl methyl sites for hydroxylation is 1. The molecule has 0 spiro atoms. The summed E-state index contributed by atoms with van der Waals surface area (Å²) in [5.74, 6) is -0.341. The molecular weight excluding hydrogens is 266 g/mol. The molecule has 2 aromatic rings. The minimum absolute atomic E-state index is 0.0189. The highest BCUT2D eigenvalue weighted by atomic mass is 16.2. The lowest BCUT2D eigenvalue weighted by atomic mass is 9.90. The van der Waals surface area contributed by atoms with Crippen molar-refractivity contribution in [2.75, 3.05) is 0 Å². The molecular formula is C16H17N3O2. The van der Waals surface area contributed by atoms with Crippen LogP contribution in [0.15, 0.2) is 24.3 Å². The average Bonchev–Trinajstić information content (AvgIpc) is 2.80. The molecule has 5 nitrogen and oxygen atoms in total. The smallest absolute Gasteiger partial charge is 0.238 e. The first kappa shape index (κ1) is 12.6. The first-order valence-corrected chi connectivity index (χ1v) is 7.52. The molecule has 1 aromatic carbocycles.